The summed E-state index contributed by atoms with van der Waals surface area (Å²) in [5.74, 6) is -1.57. The Morgan fingerprint density at radius 1 is 1.22 bits per heavy atom. The number of benzene rings is 1. The molecule has 1 aromatic carbocycles. The van der Waals surface area contributed by atoms with Gasteiger partial charge >= 0.3 is 12.1 Å². The number of amides is 1. The molecule has 0 radical (unpaired) electrons. The first kappa shape index (κ1) is 22.3. The fourth-order valence-corrected chi connectivity index (χ4v) is 4.72. The zero-order valence-electron chi connectivity index (χ0n) is 17.5. The van der Waals surface area contributed by atoms with Crippen LogP contribution in [0.2, 0.25) is 0 Å². The van der Waals surface area contributed by atoms with Gasteiger partial charge in [-0.15, -0.1) is 0 Å². The molecule has 1 amide bonds. The largest absolute Gasteiger partial charge is 0.481 e. The Morgan fingerprint density at radius 3 is 2.47 bits per heavy atom. The summed E-state index contributed by atoms with van der Waals surface area (Å²) in [5, 5.41) is 13.0. The van der Waals surface area contributed by atoms with Gasteiger partial charge in [-0.05, 0) is 49.8 Å². The second kappa shape index (κ2) is 7.90. The number of carbonyl (C=O) groups excluding carboxylic acids is 1. The molecule has 32 heavy (non-hydrogen) atoms. The summed E-state index contributed by atoms with van der Waals surface area (Å²) < 4.78 is 55.1. The monoisotopic (exact) mass is 453 g/mol. The van der Waals surface area contributed by atoms with Gasteiger partial charge in [0.25, 0.3) is 0 Å². The molecule has 1 aromatic heterocycles. The van der Waals surface area contributed by atoms with Crippen LogP contribution in [-0.2, 0) is 35.3 Å². The lowest BCUT2D eigenvalue weighted by molar-refractivity contribution is -0.158. The number of hydrogen-bond acceptors (Lipinski definition) is 3. The predicted molar refractivity (Wildman–Crippen MR) is 105 cm³/mol. The van der Waals surface area contributed by atoms with E-state index in [0.29, 0.717) is 24.1 Å². The van der Waals surface area contributed by atoms with Gasteiger partial charge in [0.2, 0.25) is 5.91 Å². The van der Waals surface area contributed by atoms with Crippen molar-refractivity contribution in [2.24, 2.45) is 11.3 Å². The summed E-state index contributed by atoms with van der Waals surface area (Å²) >= 11 is 0. The summed E-state index contributed by atoms with van der Waals surface area (Å²) in [4.78, 5) is 25.5. The van der Waals surface area contributed by atoms with Gasteiger partial charge in [0.1, 0.15) is 5.82 Å². The van der Waals surface area contributed by atoms with E-state index in [1.807, 2.05) is 0 Å². The number of carboxylic acid groups (broad SMARTS) is 1. The van der Waals surface area contributed by atoms with E-state index in [4.69, 9.17) is 0 Å². The highest BCUT2D eigenvalue weighted by molar-refractivity contribution is 5.79. The maximum absolute atomic E-state index is 13.5. The minimum atomic E-state index is -4.61. The van der Waals surface area contributed by atoms with Gasteiger partial charge in [-0.25, -0.2) is 4.39 Å². The lowest BCUT2D eigenvalue weighted by atomic mass is 9.62. The van der Waals surface area contributed by atoms with E-state index in [1.165, 1.54) is 33.8 Å². The third-order valence-electron chi connectivity index (χ3n) is 6.46. The van der Waals surface area contributed by atoms with E-state index >= 15 is 0 Å². The number of halogens is 4. The van der Waals surface area contributed by atoms with Gasteiger partial charge in [-0.1, -0.05) is 12.1 Å². The Kier molecular flexibility index (Phi) is 5.50. The zero-order valence-corrected chi connectivity index (χ0v) is 17.5. The number of hydrogen-bond donors (Lipinski definition) is 1. The van der Waals surface area contributed by atoms with Crippen molar-refractivity contribution in [2.45, 2.75) is 51.9 Å². The first-order valence-corrected chi connectivity index (χ1v) is 10.4. The molecule has 1 aliphatic heterocycles. The molecule has 2 aromatic rings. The minimum Gasteiger partial charge on any atom is -0.481 e. The van der Waals surface area contributed by atoms with Crippen molar-refractivity contribution in [3.63, 3.8) is 0 Å². The summed E-state index contributed by atoms with van der Waals surface area (Å²) in [6.07, 6.45) is -3.58. The van der Waals surface area contributed by atoms with Crippen LogP contribution in [0.3, 0.4) is 0 Å². The van der Waals surface area contributed by atoms with Crippen LogP contribution >= 0.6 is 0 Å². The molecule has 1 fully saturated rings. The highest BCUT2D eigenvalue weighted by Crippen LogP contribution is 2.47. The summed E-state index contributed by atoms with van der Waals surface area (Å²) in [5.41, 5.74) is -0.750. The molecule has 1 aliphatic carbocycles. The van der Waals surface area contributed by atoms with Crippen LogP contribution in [0.4, 0.5) is 17.6 Å². The molecule has 0 unspecified atom stereocenters. The number of carboxylic acids is 1. The topological polar surface area (TPSA) is 75.4 Å². The Labute approximate surface area is 181 Å². The Bertz CT molecular complexity index is 1040. The van der Waals surface area contributed by atoms with E-state index in [-0.39, 0.29) is 49.9 Å². The Morgan fingerprint density at radius 2 is 1.88 bits per heavy atom. The first-order chi connectivity index (χ1) is 15.0. The number of nitrogens with zero attached hydrogens (tertiary/aromatic N) is 3. The third kappa shape index (κ3) is 4.22. The standard InChI is InChI=1S/C22H23F4N3O3/c1-21(20(31)32)9-14(10-21)8-18(30)28-7-6-16-17(12-28)29(27-19(16)22(24,25)26)11-13-2-4-15(23)5-3-13/h2-5,14H,6-12H2,1H3,(H,31,32)/t14-,21+. The summed E-state index contributed by atoms with van der Waals surface area (Å²) in [7, 11) is 0. The minimum absolute atomic E-state index is 0.00135. The fourth-order valence-electron chi connectivity index (χ4n) is 4.72. The maximum Gasteiger partial charge on any atom is 0.435 e. The number of aliphatic carboxylic acids is 1. The second-order valence-electron chi connectivity index (χ2n) is 8.97. The van der Waals surface area contributed by atoms with Crippen molar-refractivity contribution in [3.8, 4) is 0 Å². The van der Waals surface area contributed by atoms with Crippen molar-refractivity contribution in [2.75, 3.05) is 6.54 Å². The molecule has 6 nitrogen and oxygen atoms in total. The molecule has 10 heteroatoms. The van der Waals surface area contributed by atoms with Gasteiger partial charge in [0.05, 0.1) is 24.2 Å². The molecular formula is C22H23F4N3O3. The SMILES string of the molecule is C[C@]1(C(=O)O)C[C@@H](CC(=O)N2CCc3c(C(F)(F)F)nn(Cc4ccc(F)cc4)c3C2)C1. The average molecular weight is 453 g/mol. The van der Waals surface area contributed by atoms with Gasteiger partial charge in [-0.2, -0.15) is 18.3 Å². The van der Waals surface area contributed by atoms with Crippen LogP contribution in [0.25, 0.3) is 0 Å². The number of aromatic nitrogens is 2. The molecular weight excluding hydrogens is 430 g/mol. The third-order valence-corrected chi connectivity index (χ3v) is 6.46. The number of carbonyl (C=O) groups is 2. The molecule has 1 N–H and O–H groups in total. The number of rotatable bonds is 5. The van der Waals surface area contributed by atoms with Gasteiger partial charge in [-0.3, -0.25) is 14.3 Å². The van der Waals surface area contributed by atoms with Crippen molar-refractivity contribution in [3.05, 3.63) is 52.6 Å². The second-order valence-corrected chi connectivity index (χ2v) is 8.97. The van der Waals surface area contributed by atoms with Crippen LogP contribution in [0.5, 0.6) is 0 Å². The van der Waals surface area contributed by atoms with Crippen LogP contribution < -0.4 is 0 Å². The van der Waals surface area contributed by atoms with Gasteiger partial charge in [0.15, 0.2) is 5.69 Å². The van der Waals surface area contributed by atoms with Crippen LogP contribution in [-0.4, -0.2) is 38.2 Å². The number of alkyl halides is 3. The highest BCUT2D eigenvalue weighted by atomic mass is 19.4. The Hall–Kier alpha value is -2.91. The van der Waals surface area contributed by atoms with Gasteiger partial charge in [0, 0.05) is 18.5 Å². The van der Waals surface area contributed by atoms with Crippen molar-refractivity contribution in [1.29, 1.82) is 0 Å². The van der Waals surface area contributed by atoms with E-state index in [2.05, 4.69) is 5.10 Å². The van der Waals surface area contributed by atoms with E-state index in [1.54, 1.807) is 6.92 Å². The summed E-state index contributed by atoms with van der Waals surface area (Å²) in [6, 6.07) is 5.43. The fraction of sp³-hybridized carbons (Fsp3) is 0.500. The lowest BCUT2D eigenvalue weighted by Gasteiger charge is -2.42. The van der Waals surface area contributed by atoms with E-state index < -0.39 is 29.1 Å². The van der Waals surface area contributed by atoms with Crippen LogP contribution in [0, 0.1) is 17.2 Å². The van der Waals surface area contributed by atoms with E-state index in [0.717, 1.165) is 0 Å². The quantitative estimate of drug-likeness (QED) is 0.698. The molecule has 0 bridgehead atoms. The molecule has 4 rings (SSSR count). The smallest absolute Gasteiger partial charge is 0.435 e. The molecule has 0 atom stereocenters. The molecule has 1 saturated carbocycles. The molecule has 2 heterocycles. The van der Waals surface area contributed by atoms with Gasteiger partial charge < -0.3 is 10.0 Å². The maximum atomic E-state index is 13.5. The van der Waals surface area contributed by atoms with E-state index in [9.17, 15) is 32.3 Å². The lowest BCUT2D eigenvalue weighted by Crippen LogP contribution is -2.44. The molecule has 0 spiro atoms. The average Bonchev–Trinajstić information content (AvgIpc) is 3.06. The number of fused-ring (bicyclic) bond motifs is 1. The van der Waals surface area contributed by atoms with Crippen molar-refractivity contribution >= 4 is 11.9 Å². The van der Waals surface area contributed by atoms with Crippen LogP contribution in [0.1, 0.15) is 48.7 Å². The molecule has 172 valence electrons. The first-order valence-electron chi connectivity index (χ1n) is 10.4. The van der Waals surface area contributed by atoms with Crippen LogP contribution in [0.15, 0.2) is 24.3 Å². The van der Waals surface area contributed by atoms with Crippen molar-refractivity contribution in [1.82, 2.24) is 14.7 Å². The summed E-state index contributed by atoms with van der Waals surface area (Å²) in [6.45, 7) is 1.83. The predicted octanol–water partition coefficient (Wildman–Crippen LogP) is 3.87. The van der Waals surface area contributed by atoms with Crippen molar-refractivity contribution < 1.29 is 32.3 Å². The molecule has 2 aliphatic rings. The Balaban J connectivity index is 1.52. The zero-order chi connectivity index (χ0) is 23.3. The highest BCUT2D eigenvalue weighted by Gasteiger charge is 2.47. The normalized spacial score (nSPS) is 22.9. The molecule has 0 saturated heterocycles.